The molecule has 8 heteroatoms. The minimum absolute atomic E-state index is 0.0966. The number of fused-ring (bicyclic) bond motifs is 5. The predicted octanol–water partition coefficient (Wildman–Crippen LogP) is 3.44. The smallest absolute Gasteiger partial charge is 0.478 e. The monoisotopic (exact) mass is 350 g/mol. The van der Waals surface area contributed by atoms with E-state index < -0.39 is 30.3 Å². The first-order chi connectivity index (χ1) is 9.29. The van der Waals surface area contributed by atoms with Crippen LogP contribution in [0.2, 0.25) is 0 Å². The summed E-state index contributed by atoms with van der Waals surface area (Å²) in [5.74, 6) is -1.67. The topological polar surface area (TPSA) is 55.8 Å². The highest BCUT2D eigenvalue weighted by molar-refractivity contribution is 9.11. The van der Waals surface area contributed by atoms with Crippen LogP contribution in [-0.2, 0) is 9.53 Å². The summed E-state index contributed by atoms with van der Waals surface area (Å²) in [6.07, 6.45) is -6.60. The lowest BCUT2D eigenvalue weighted by Gasteiger charge is -2.18. The zero-order valence-electron chi connectivity index (χ0n) is 9.57. The lowest BCUT2D eigenvalue weighted by Crippen LogP contribution is -2.20. The fourth-order valence-corrected chi connectivity index (χ4v) is 3.18. The molecule has 3 rings (SSSR count). The molecule has 2 bridgehead atoms. The zero-order valence-corrected chi connectivity index (χ0v) is 11.2. The second kappa shape index (κ2) is 4.23. The molecule has 0 aromatic heterocycles. The van der Waals surface area contributed by atoms with Gasteiger partial charge >= 0.3 is 12.3 Å². The molecule has 1 aromatic carbocycles. The Kier molecular flexibility index (Phi) is 2.84. The van der Waals surface area contributed by atoms with Crippen LogP contribution >= 0.6 is 15.9 Å². The molecule has 2 atom stereocenters. The molecule has 0 unspecified atom stereocenters. The van der Waals surface area contributed by atoms with Gasteiger partial charge in [0.25, 0.3) is 0 Å². The van der Waals surface area contributed by atoms with E-state index >= 15 is 0 Å². The van der Waals surface area contributed by atoms with Crippen molar-refractivity contribution in [2.24, 2.45) is 0 Å². The number of ether oxygens (including phenoxy) is 2. The second-order valence-corrected chi connectivity index (χ2v) is 5.12. The van der Waals surface area contributed by atoms with Gasteiger partial charge in [0, 0.05) is 10.0 Å². The third-order valence-electron chi connectivity index (χ3n) is 3.12. The Morgan fingerprint density at radius 1 is 1.35 bits per heavy atom. The number of halogens is 4. The van der Waals surface area contributed by atoms with E-state index in [0.29, 0.717) is 10.0 Å². The Morgan fingerprint density at radius 3 is 2.65 bits per heavy atom. The van der Waals surface area contributed by atoms with Gasteiger partial charge in [0.2, 0.25) is 0 Å². The van der Waals surface area contributed by atoms with Crippen molar-refractivity contribution >= 4 is 21.9 Å². The Morgan fingerprint density at radius 2 is 2.05 bits per heavy atom. The van der Waals surface area contributed by atoms with Gasteiger partial charge < -0.3 is 14.6 Å². The minimum atomic E-state index is -4.85. The molecule has 0 amide bonds. The fraction of sp³-hybridized carbons (Fsp3) is 0.250. The lowest BCUT2D eigenvalue weighted by atomic mass is 9.91. The highest BCUT2D eigenvalue weighted by Crippen LogP contribution is 2.58. The zero-order chi connectivity index (χ0) is 14.7. The highest BCUT2D eigenvalue weighted by Gasteiger charge is 2.49. The summed E-state index contributed by atoms with van der Waals surface area (Å²) in [6.45, 7) is 0. The SMILES string of the molecule is O=C(O)C1=C(Br)[C@@H]2O[C@H]1c1c(OC(F)(F)F)cccc12. The molecule has 2 aliphatic rings. The fourth-order valence-electron chi connectivity index (χ4n) is 2.45. The van der Waals surface area contributed by atoms with Crippen LogP contribution in [-0.4, -0.2) is 17.4 Å². The Labute approximate surface area is 118 Å². The van der Waals surface area contributed by atoms with Crippen LogP contribution in [0.4, 0.5) is 13.2 Å². The van der Waals surface area contributed by atoms with Crippen molar-refractivity contribution < 1.29 is 32.5 Å². The molecule has 0 aliphatic carbocycles. The van der Waals surface area contributed by atoms with Crippen molar-refractivity contribution in [1.29, 1.82) is 0 Å². The van der Waals surface area contributed by atoms with Crippen LogP contribution in [0.3, 0.4) is 0 Å². The highest BCUT2D eigenvalue weighted by atomic mass is 79.9. The molecule has 106 valence electrons. The summed E-state index contributed by atoms with van der Waals surface area (Å²) in [6, 6.07) is 4.14. The van der Waals surface area contributed by atoms with Gasteiger partial charge in [-0.25, -0.2) is 4.79 Å². The maximum absolute atomic E-state index is 12.4. The van der Waals surface area contributed by atoms with E-state index in [1.54, 1.807) is 6.07 Å². The molecule has 1 aromatic rings. The summed E-state index contributed by atoms with van der Waals surface area (Å²) in [7, 11) is 0. The molecule has 1 N–H and O–H groups in total. The quantitative estimate of drug-likeness (QED) is 0.887. The molecule has 2 aliphatic heterocycles. The maximum atomic E-state index is 12.4. The molecule has 0 spiro atoms. The van der Waals surface area contributed by atoms with E-state index in [9.17, 15) is 18.0 Å². The van der Waals surface area contributed by atoms with Crippen LogP contribution < -0.4 is 4.74 Å². The lowest BCUT2D eigenvalue weighted by molar-refractivity contribution is -0.275. The number of carboxylic acid groups (broad SMARTS) is 1. The number of alkyl halides is 3. The summed E-state index contributed by atoms with van der Waals surface area (Å²) in [4.78, 5) is 11.2. The number of hydrogen-bond donors (Lipinski definition) is 1. The van der Waals surface area contributed by atoms with Crippen LogP contribution in [0.15, 0.2) is 28.3 Å². The first-order valence-corrected chi connectivity index (χ1v) is 6.26. The maximum Gasteiger partial charge on any atom is 0.573 e. The van der Waals surface area contributed by atoms with E-state index in [-0.39, 0.29) is 11.1 Å². The number of carboxylic acids is 1. The minimum Gasteiger partial charge on any atom is -0.478 e. The summed E-state index contributed by atoms with van der Waals surface area (Å²) >= 11 is 3.13. The van der Waals surface area contributed by atoms with Crippen LogP contribution in [0.25, 0.3) is 0 Å². The van der Waals surface area contributed by atoms with Crippen molar-refractivity contribution in [3.8, 4) is 5.75 Å². The molecule has 2 heterocycles. The number of rotatable bonds is 2. The van der Waals surface area contributed by atoms with Gasteiger partial charge in [-0.05, 0) is 11.6 Å². The molecule has 4 nitrogen and oxygen atoms in total. The average Bonchev–Trinajstić information content (AvgIpc) is 2.82. The van der Waals surface area contributed by atoms with Crippen LogP contribution in [0, 0.1) is 0 Å². The van der Waals surface area contributed by atoms with E-state index in [0.717, 1.165) is 6.07 Å². The Bertz CT molecular complexity index is 638. The standard InChI is InChI=1S/C12H6BrF3O4/c13-8-7(11(17)18)10-6-4(9(8)19-10)2-1-3-5(6)20-12(14,15)16/h1-3,9-10H,(H,17,18)/t9-,10+/m1/s1. The Hall–Kier alpha value is -1.54. The van der Waals surface area contributed by atoms with Gasteiger partial charge in [0.05, 0.1) is 5.57 Å². The van der Waals surface area contributed by atoms with E-state index in [4.69, 9.17) is 9.84 Å². The molecule has 0 fully saturated rings. The first kappa shape index (κ1) is 13.4. The van der Waals surface area contributed by atoms with Crippen molar-refractivity contribution in [3.63, 3.8) is 0 Å². The van der Waals surface area contributed by atoms with E-state index in [1.165, 1.54) is 6.07 Å². The largest absolute Gasteiger partial charge is 0.573 e. The average molecular weight is 351 g/mol. The van der Waals surface area contributed by atoms with Gasteiger partial charge in [0.15, 0.2) is 0 Å². The predicted molar refractivity (Wildman–Crippen MR) is 63.3 cm³/mol. The first-order valence-electron chi connectivity index (χ1n) is 5.46. The van der Waals surface area contributed by atoms with Gasteiger partial charge in [-0.15, -0.1) is 13.2 Å². The van der Waals surface area contributed by atoms with E-state index in [2.05, 4.69) is 20.7 Å². The number of hydrogen-bond acceptors (Lipinski definition) is 3. The molecule has 20 heavy (non-hydrogen) atoms. The number of aliphatic carboxylic acids is 1. The van der Waals surface area contributed by atoms with Crippen LogP contribution in [0.1, 0.15) is 23.3 Å². The van der Waals surface area contributed by atoms with Gasteiger partial charge in [-0.3, -0.25) is 0 Å². The number of carbonyl (C=O) groups is 1. The number of benzene rings is 1. The summed E-state index contributed by atoms with van der Waals surface area (Å²) < 4.78 is 46.9. The van der Waals surface area contributed by atoms with Gasteiger partial charge in [-0.1, -0.05) is 28.1 Å². The summed E-state index contributed by atoms with van der Waals surface area (Å²) in [5.41, 5.74) is 0.504. The third kappa shape index (κ3) is 1.90. The second-order valence-electron chi connectivity index (χ2n) is 4.27. The van der Waals surface area contributed by atoms with Gasteiger partial charge in [-0.2, -0.15) is 0 Å². The molecule has 0 saturated heterocycles. The van der Waals surface area contributed by atoms with Crippen molar-refractivity contribution in [2.45, 2.75) is 18.6 Å². The normalized spacial score (nSPS) is 24.0. The van der Waals surface area contributed by atoms with Crippen molar-refractivity contribution in [3.05, 3.63) is 39.4 Å². The molecular weight excluding hydrogens is 345 g/mol. The Balaban J connectivity index is 2.10. The molecular formula is C12H6BrF3O4. The third-order valence-corrected chi connectivity index (χ3v) is 3.97. The van der Waals surface area contributed by atoms with Gasteiger partial charge in [0.1, 0.15) is 18.0 Å². The molecule has 0 saturated carbocycles. The molecule has 0 radical (unpaired) electrons. The van der Waals surface area contributed by atoms with E-state index in [1.807, 2.05) is 0 Å². The van der Waals surface area contributed by atoms with Crippen molar-refractivity contribution in [1.82, 2.24) is 0 Å². The summed E-state index contributed by atoms with van der Waals surface area (Å²) in [5, 5.41) is 9.12. The van der Waals surface area contributed by atoms with Crippen molar-refractivity contribution in [2.75, 3.05) is 0 Å². The van der Waals surface area contributed by atoms with Crippen LogP contribution in [0.5, 0.6) is 5.75 Å².